The van der Waals surface area contributed by atoms with E-state index in [9.17, 15) is 4.79 Å². The lowest BCUT2D eigenvalue weighted by molar-refractivity contribution is 0.332. The maximum Gasteiger partial charge on any atom is 0.264 e. The van der Waals surface area contributed by atoms with Crippen molar-refractivity contribution in [1.29, 1.82) is 0 Å². The first-order valence-electron chi connectivity index (χ1n) is 11.1. The highest BCUT2D eigenvalue weighted by atomic mass is 16.3. The van der Waals surface area contributed by atoms with E-state index in [0.29, 0.717) is 0 Å². The molecular weight excluding hydrogens is 412 g/mol. The molecule has 6 heteroatoms. The summed E-state index contributed by atoms with van der Waals surface area (Å²) in [5.41, 5.74) is 4.30. The second kappa shape index (κ2) is 9.57. The maximum absolute atomic E-state index is 13.3. The molecule has 33 heavy (non-hydrogen) atoms. The molecule has 0 saturated heterocycles. The van der Waals surface area contributed by atoms with Crippen LogP contribution in [-0.2, 0) is 0 Å². The lowest BCUT2D eigenvalue weighted by Gasteiger charge is -2.14. The van der Waals surface area contributed by atoms with E-state index in [1.54, 1.807) is 11.3 Å². The molecule has 0 fully saturated rings. The number of fused-ring (bicyclic) bond motifs is 4. The molecule has 0 aliphatic carbocycles. The van der Waals surface area contributed by atoms with Gasteiger partial charge in [0.25, 0.3) is 5.56 Å². The van der Waals surface area contributed by atoms with Gasteiger partial charge in [-0.05, 0) is 64.3 Å². The molecule has 0 unspecified atom stereocenters. The number of pyridine rings is 1. The zero-order valence-corrected chi connectivity index (χ0v) is 19.4. The van der Waals surface area contributed by atoms with Crippen LogP contribution >= 0.6 is 0 Å². The summed E-state index contributed by atoms with van der Waals surface area (Å²) in [6, 6.07) is 18.0. The van der Waals surface area contributed by atoms with Crippen LogP contribution in [0.2, 0.25) is 0 Å². The molecule has 0 spiro atoms. The van der Waals surface area contributed by atoms with Crippen molar-refractivity contribution in [2.75, 3.05) is 39.1 Å². The molecule has 5 aromatic rings. The smallest absolute Gasteiger partial charge is 0.264 e. The Kier molecular flexibility index (Phi) is 6.58. The SMILES string of the molecule is C=C(C)CO.CN(C)CCCNc1ccc2c3c1cccc3c(=O)n1c3ccccc3nc21. The number of benzene rings is 3. The summed E-state index contributed by atoms with van der Waals surface area (Å²) in [5, 5.41) is 15.4. The Morgan fingerprint density at radius 1 is 1.06 bits per heavy atom. The predicted octanol–water partition coefficient (Wildman–Crippen LogP) is 4.51. The van der Waals surface area contributed by atoms with E-state index in [4.69, 9.17) is 10.1 Å². The van der Waals surface area contributed by atoms with E-state index in [1.165, 1.54) is 0 Å². The number of nitrogens with one attached hydrogen (secondary N) is 1. The van der Waals surface area contributed by atoms with Crippen LogP contribution in [0.4, 0.5) is 5.69 Å². The zero-order valence-electron chi connectivity index (χ0n) is 19.4. The molecule has 3 aromatic carbocycles. The standard InChI is InChI=1S/C23H22N4O.C4H8O/c1-26(2)14-6-13-24-18-12-11-16-21-15(18)7-5-8-17(21)23(28)27-20-10-4-3-9-19(20)25-22(16)27;1-4(2)3-5/h3-5,7-12,24H,6,13-14H2,1-2H3;5H,1,3H2,2H3. The Bertz CT molecular complexity index is 1490. The van der Waals surface area contributed by atoms with Gasteiger partial charge in [-0.25, -0.2) is 4.98 Å². The van der Waals surface area contributed by atoms with Crippen molar-refractivity contribution in [3.63, 3.8) is 0 Å². The average Bonchev–Trinajstić information content (AvgIpc) is 3.20. The number of rotatable bonds is 6. The summed E-state index contributed by atoms with van der Waals surface area (Å²) in [6.07, 6.45) is 1.06. The summed E-state index contributed by atoms with van der Waals surface area (Å²) in [4.78, 5) is 20.3. The lowest BCUT2D eigenvalue weighted by atomic mass is 10.0. The van der Waals surface area contributed by atoms with Gasteiger partial charge in [0.2, 0.25) is 0 Å². The largest absolute Gasteiger partial charge is 0.392 e. The Hall–Kier alpha value is -3.48. The Balaban J connectivity index is 0.000000471. The van der Waals surface area contributed by atoms with Gasteiger partial charge in [0.1, 0.15) is 5.65 Å². The van der Waals surface area contributed by atoms with Crippen LogP contribution in [0.5, 0.6) is 0 Å². The highest BCUT2D eigenvalue weighted by Crippen LogP contribution is 2.33. The molecule has 0 amide bonds. The van der Waals surface area contributed by atoms with Gasteiger partial charge < -0.3 is 15.3 Å². The molecule has 0 radical (unpaired) electrons. The summed E-state index contributed by atoms with van der Waals surface area (Å²) >= 11 is 0. The summed E-state index contributed by atoms with van der Waals surface area (Å²) < 4.78 is 1.75. The minimum Gasteiger partial charge on any atom is -0.392 e. The van der Waals surface area contributed by atoms with Crippen molar-refractivity contribution in [2.45, 2.75) is 13.3 Å². The van der Waals surface area contributed by atoms with E-state index in [2.05, 4.69) is 49.1 Å². The van der Waals surface area contributed by atoms with E-state index >= 15 is 0 Å². The molecule has 5 rings (SSSR count). The van der Waals surface area contributed by atoms with E-state index in [-0.39, 0.29) is 12.2 Å². The average molecular weight is 443 g/mol. The van der Waals surface area contributed by atoms with Gasteiger partial charge in [-0.1, -0.05) is 36.4 Å². The number of aliphatic hydroxyl groups is 1. The van der Waals surface area contributed by atoms with Gasteiger partial charge in [-0.2, -0.15) is 0 Å². The molecule has 2 heterocycles. The van der Waals surface area contributed by atoms with E-state index in [0.717, 1.165) is 69.0 Å². The Labute approximate surface area is 193 Å². The minimum absolute atomic E-state index is 0.00782. The van der Waals surface area contributed by atoms with Crippen LogP contribution in [0.25, 0.3) is 38.2 Å². The van der Waals surface area contributed by atoms with Crippen molar-refractivity contribution >= 4 is 43.9 Å². The van der Waals surface area contributed by atoms with Gasteiger partial charge in [-0.3, -0.25) is 9.20 Å². The topological polar surface area (TPSA) is 69.9 Å². The van der Waals surface area contributed by atoms with Crippen LogP contribution < -0.4 is 10.9 Å². The third-order valence-corrected chi connectivity index (χ3v) is 5.64. The van der Waals surface area contributed by atoms with Gasteiger partial charge in [-0.15, -0.1) is 0 Å². The fraction of sp³-hybridized carbons (Fsp3) is 0.259. The number of hydrogen-bond donors (Lipinski definition) is 2. The number of para-hydroxylation sites is 2. The first-order chi connectivity index (χ1) is 15.9. The number of aliphatic hydroxyl groups excluding tert-OH is 1. The third kappa shape index (κ3) is 4.40. The van der Waals surface area contributed by atoms with Crippen molar-refractivity contribution in [1.82, 2.24) is 14.3 Å². The number of nitrogens with zero attached hydrogens (tertiary/aromatic N) is 3. The number of hydrogen-bond acceptors (Lipinski definition) is 5. The molecular formula is C27H30N4O2. The van der Waals surface area contributed by atoms with Crippen LogP contribution in [-0.4, -0.2) is 53.2 Å². The predicted molar refractivity (Wildman–Crippen MR) is 139 cm³/mol. The molecule has 0 saturated carbocycles. The Morgan fingerprint density at radius 3 is 2.52 bits per heavy atom. The lowest BCUT2D eigenvalue weighted by Crippen LogP contribution is -2.16. The van der Waals surface area contributed by atoms with Crippen molar-refractivity contribution in [2.24, 2.45) is 0 Å². The first-order valence-corrected chi connectivity index (χ1v) is 11.1. The van der Waals surface area contributed by atoms with Gasteiger partial charge in [0.05, 0.1) is 17.6 Å². The summed E-state index contributed by atoms with van der Waals surface area (Å²) in [6.45, 7) is 7.24. The van der Waals surface area contributed by atoms with Crippen molar-refractivity contribution < 1.29 is 5.11 Å². The van der Waals surface area contributed by atoms with Gasteiger partial charge >= 0.3 is 0 Å². The summed E-state index contributed by atoms with van der Waals surface area (Å²) in [7, 11) is 4.17. The molecule has 2 aromatic heterocycles. The van der Waals surface area contributed by atoms with Crippen LogP contribution in [0.1, 0.15) is 13.3 Å². The molecule has 0 aliphatic rings. The number of imidazole rings is 1. The van der Waals surface area contributed by atoms with Crippen LogP contribution in [0.3, 0.4) is 0 Å². The fourth-order valence-electron chi connectivity index (χ4n) is 4.08. The monoisotopic (exact) mass is 442 g/mol. The van der Waals surface area contributed by atoms with Gasteiger partial charge in [0.15, 0.2) is 0 Å². The second-order valence-electron chi connectivity index (χ2n) is 8.65. The van der Waals surface area contributed by atoms with Gasteiger partial charge in [0, 0.05) is 33.8 Å². The normalized spacial score (nSPS) is 11.4. The molecule has 0 bridgehead atoms. The van der Waals surface area contributed by atoms with Crippen molar-refractivity contribution in [3.8, 4) is 0 Å². The highest BCUT2D eigenvalue weighted by molar-refractivity contribution is 6.18. The van der Waals surface area contributed by atoms with Crippen LogP contribution in [0, 0.1) is 0 Å². The summed E-state index contributed by atoms with van der Waals surface area (Å²) in [5.74, 6) is 0. The Morgan fingerprint density at radius 2 is 1.79 bits per heavy atom. The molecule has 0 aliphatic heterocycles. The zero-order chi connectivity index (χ0) is 23.5. The third-order valence-electron chi connectivity index (χ3n) is 5.64. The second-order valence-corrected chi connectivity index (χ2v) is 8.65. The molecule has 0 atom stereocenters. The quantitative estimate of drug-likeness (QED) is 0.299. The van der Waals surface area contributed by atoms with E-state index < -0.39 is 0 Å². The van der Waals surface area contributed by atoms with E-state index in [1.807, 2.05) is 36.4 Å². The van der Waals surface area contributed by atoms with Crippen molar-refractivity contribution in [3.05, 3.63) is 77.1 Å². The van der Waals surface area contributed by atoms with Crippen LogP contribution in [0.15, 0.2) is 71.5 Å². The fourth-order valence-corrected chi connectivity index (χ4v) is 4.08. The number of aromatic nitrogens is 2. The number of anilines is 1. The minimum atomic E-state index is -0.00782. The molecule has 170 valence electrons. The first kappa shape index (κ1) is 22.7. The molecule has 6 nitrogen and oxygen atoms in total. The highest BCUT2D eigenvalue weighted by Gasteiger charge is 2.16. The molecule has 2 N–H and O–H groups in total. The maximum atomic E-state index is 13.3.